The van der Waals surface area contributed by atoms with Crippen molar-refractivity contribution < 1.29 is 14.7 Å². The Hall–Kier alpha value is -1.47. The highest BCUT2D eigenvalue weighted by atomic mass is 32.1. The van der Waals surface area contributed by atoms with Crippen molar-refractivity contribution in [2.75, 3.05) is 32.1 Å². The molecule has 110 valence electrons. The predicted molar refractivity (Wildman–Crippen MR) is 77.9 cm³/mol. The largest absolute Gasteiger partial charge is 0.476 e. The molecule has 20 heavy (non-hydrogen) atoms. The van der Waals surface area contributed by atoms with Crippen LogP contribution in [0.4, 0.5) is 5.13 Å². The monoisotopic (exact) mass is 297 g/mol. The number of carbonyl (C=O) groups excluding carboxylic acids is 1. The second kappa shape index (κ2) is 5.49. The molecule has 2 unspecified atom stereocenters. The first-order chi connectivity index (χ1) is 9.31. The van der Waals surface area contributed by atoms with Crippen LogP contribution >= 0.6 is 11.3 Å². The molecule has 1 aromatic heterocycles. The maximum Gasteiger partial charge on any atom is 0.356 e. The van der Waals surface area contributed by atoms with Crippen LogP contribution < -0.4 is 4.90 Å². The Labute approximate surface area is 122 Å². The summed E-state index contributed by atoms with van der Waals surface area (Å²) >= 11 is 1.17. The van der Waals surface area contributed by atoms with E-state index in [1.165, 1.54) is 18.3 Å². The van der Waals surface area contributed by atoms with E-state index in [0.29, 0.717) is 17.1 Å². The molecule has 0 aromatic carbocycles. The third kappa shape index (κ3) is 2.69. The zero-order chi connectivity index (χ0) is 15.0. The van der Waals surface area contributed by atoms with E-state index in [2.05, 4.69) is 21.7 Å². The van der Waals surface area contributed by atoms with Crippen LogP contribution in [0.25, 0.3) is 0 Å². The van der Waals surface area contributed by atoms with Gasteiger partial charge >= 0.3 is 5.97 Å². The molecule has 0 bridgehead atoms. The highest BCUT2D eigenvalue weighted by molar-refractivity contribution is 7.17. The molecule has 1 aromatic rings. The number of carboxylic acids is 1. The Balaban J connectivity index is 2.29. The highest BCUT2D eigenvalue weighted by Crippen LogP contribution is 2.32. The van der Waals surface area contributed by atoms with Crippen LogP contribution in [-0.2, 0) is 0 Å². The van der Waals surface area contributed by atoms with Gasteiger partial charge in [-0.1, -0.05) is 18.3 Å². The SMILES string of the molecule is CC(=O)c1sc(N2CC(C)C(N(C)C)C2)nc1C(=O)O. The van der Waals surface area contributed by atoms with Gasteiger partial charge in [-0.2, -0.15) is 0 Å². The van der Waals surface area contributed by atoms with Gasteiger partial charge in [-0.3, -0.25) is 4.79 Å². The second-order valence-electron chi connectivity index (χ2n) is 5.45. The minimum Gasteiger partial charge on any atom is -0.476 e. The number of hydrogen-bond acceptors (Lipinski definition) is 6. The molecule has 0 amide bonds. The number of hydrogen-bond donors (Lipinski definition) is 1. The lowest BCUT2D eigenvalue weighted by molar-refractivity contribution is 0.0687. The number of nitrogens with zero attached hydrogens (tertiary/aromatic N) is 3. The van der Waals surface area contributed by atoms with E-state index >= 15 is 0 Å². The van der Waals surface area contributed by atoms with Gasteiger partial charge in [0.2, 0.25) is 0 Å². The van der Waals surface area contributed by atoms with Gasteiger partial charge in [0.15, 0.2) is 16.6 Å². The number of ketones is 1. The molecule has 1 aliphatic rings. The van der Waals surface area contributed by atoms with Crippen molar-refractivity contribution in [2.24, 2.45) is 5.92 Å². The van der Waals surface area contributed by atoms with Crippen LogP contribution in [-0.4, -0.2) is 60.0 Å². The summed E-state index contributed by atoms with van der Waals surface area (Å²) in [6.45, 7) is 5.17. The van der Waals surface area contributed by atoms with Crippen molar-refractivity contribution in [3.63, 3.8) is 0 Å². The summed E-state index contributed by atoms with van der Waals surface area (Å²) in [6, 6.07) is 0.410. The first-order valence-electron chi connectivity index (χ1n) is 6.47. The quantitative estimate of drug-likeness (QED) is 0.848. The maximum absolute atomic E-state index is 11.5. The fraction of sp³-hybridized carbons (Fsp3) is 0.615. The zero-order valence-electron chi connectivity index (χ0n) is 12.1. The van der Waals surface area contributed by atoms with Gasteiger partial charge in [0.1, 0.15) is 4.88 Å². The Kier molecular flexibility index (Phi) is 4.10. The predicted octanol–water partition coefficient (Wildman–Crippen LogP) is 1.43. The standard InChI is InChI=1S/C13H19N3O3S/c1-7-5-16(6-9(7)15(3)4)13-14-10(12(18)19)11(20-13)8(2)17/h7,9H,5-6H2,1-4H3,(H,18,19). The van der Waals surface area contributed by atoms with Crippen molar-refractivity contribution in [3.8, 4) is 0 Å². The molecular formula is C13H19N3O3S. The van der Waals surface area contributed by atoms with E-state index in [1.807, 2.05) is 14.1 Å². The van der Waals surface area contributed by atoms with Crippen LogP contribution in [0.1, 0.15) is 34.0 Å². The Morgan fingerprint density at radius 2 is 2.05 bits per heavy atom. The Morgan fingerprint density at radius 1 is 1.40 bits per heavy atom. The van der Waals surface area contributed by atoms with Gasteiger partial charge in [-0.25, -0.2) is 9.78 Å². The molecule has 1 fully saturated rings. The molecule has 2 heterocycles. The van der Waals surface area contributed by atoms with Crippen LogP contribution in [0.3, 0.4) is 0 Å². The van der Waals surface area contributed by atoms with Crippen molar-refractivity contribution in [1.29, 1.82) is 0 Å². The summed E-state index contributed by atoms with van der Waals surface area (Å²) in [7, 11) is 4.08. The molecule has 7 heteroatoms. The lowest BCUT2D eigenvalue weighted by Gasteiger charge is -2.22. The lowest BCUT2D eigenvalue weighted by Crippen LogP contribution is -2.34. The molecular weight excluding hydrogens is 278 g/mol. The van der Waals surface area contributed by atoms with Gasteiger partial charge in [0.05, 0.1) is 0 Å². The molecule has 0 spiro atoms. The topological polar surface area (TPSA) is 73.7 Å². The molecule has 1 N–H and O–H groups in total. The average Bonchev–Trinajstić information content (AvgIpc) is 2.91. The summed E-state index contributed by atoms with van der Waals surface area (Å²) in [5.74, 6) is -0.917. The third-order valence-corrected chi connectivity index (χ3v) is 4.86. The summed E-state index contributed by atoms with van der Waals surface area (Å²) < 4.78 is 0. The van der Waals surface area contributed by atoms with E-state index in [1.54, 1.807) is 0 Å². The van der Waals surface area contributed by atoms with Crippen LogP contribution in [0, 0.1) is 5.92 Å². The van der Waals surface area contributed by atoms with E-state index in [4.69, 9.17) is 5.11 Å². The summed E-state index contributed by atoms with van der Waals surface area (Å²) in [5, 5.41) is 9.76. The van der Waals surface area contributed by atoms with E-state index in [0.717, 1.165) is 13.1 Å². The highest BCUT2D eigenvalue weighted by Gasteiger charge is 2.33. The summed E-state index contributed by atoms with van der Waals surface area (Å²) in [5.41, 5.74) is -0.126. The Bertz CT molecular complexity index is 509. The first-order valence-corrected chi connectivity index (χ1v) is 7.29. The van der Waals surface area contributed by atoms with E-state index in [9.17, 15) is 9.59 Å². The van der Waals surface area contributed by atoms with Crippen molar-refractivity contribution in [2.45, 2.75) is 19.9 Å². The maximum atomic E-state index is 11.5. The third-order valence-electron chi connectivity index (χ3n) is 3.64. The number of aromatic carboxylic acids is 1. The molecule has 2 rings (SSSR count). The van der Waals surface area contributed by atoms with Gasteiger partial charge in [-0.05, 0) is 20.0 Å². The Morgan fingerprint density at radius 3 is 2.45 bits per heavy atom. The number of carboxylic acid groups (broad SMARTS) is 1. The minimum absolute atomic E-state index is 0.126. The minimum atomic E-state index is -1.14. The van der Waals surface area contributed by atoms with Crippen LogP contribution in [0.5, 0.6) is 0 Å². The summed E-state index contributed by atoms with van der Waals surface area (Å²) in [6.07, 6.45) is 0. The summed E-state index contributed by atoms with van der Waals surface area (Å²) in [4.78, 5) is 31.3. The lowest BCUT2D eigenvalue weighted by atomic mass is 10.1. The van der Waals surface area contributed by atoms with Crippen LogP contribution in [0.15, 0.2) is 0 Å². The van der Waals surface area contributed by atoms with E-state index in [-0.39, 0.29) is 16.4 Å². The molecule has 0 radical (unpaired) electrons. The number of thiazole rings is 1. The van der Waals surface area contributed by atoms with Gasteiger partial charge < -0.3 is 14.9 Å². The fourth-order valence-electron chi connectivity index (χ4n) is 2.61. The molecule has 0 aliphatic carbocycles. The van der Waals surface area contributed by atoms with Crippen molar-refractivity contribution >= 4 is 28.2 Å². The second-order valence-corrected chi connectivity index (χ2v) is 6.43. The molecule has 0 saturated carbocycles. The fourth-order valence-corrected chi connectivity index (χ4v) is 3.58. The number of aromatic nitrogens is 1. The van der Waals surface area contributed by atoms with Crippen LogP contribution in [0.2, 0.25) is 0 Å². The number of Topliss-reactive ketones (excluding diaryl/α,β-unsaturated/α-hetero) is 1. The number of carbonyl (C=O) groups is 2. The van der Waals surface area contributed by atoms with Gasteiger partial charge in [0.25, 0.3) is 0 Å². The van der Waals surface area contributed by atoms with E-state index < -0.39 is 5.97 Å². The molecule has 1 saturated heterocycles. The van der Waals surface area contributed by atoms with Crippen molar-refractivity contribution in [1.82, 2.24) is 9.88 Å². The number of rotatable bonds is 4. The molecule has 6 nitrogen and oxygen atoms in total. The van der Waals surface area contributed by atoms with Crippen molar-refractivity contribution in [3.05, 3.63) is 10.6 Å². The molecule has 2 atom stereocenters. The first kappa shape index (κ1) is 14.9. The normalized spacial score (nSPS) is 22.6. The zero-order valence-corrected chi connectivity index (χ0v) is 12.9. The van der Waals surface area contributed by atoms with Gasteiger partial charge in [-0.15, -0.1) is 0 Å². The molecule has 1 aliphatic heterocycles. The number of anilines is 1. The average molecular weight is 297 g/mol. The smallest absolute Gasteiger partial charge is 0.356 e. The van der Waals surface area contributed by atoms with Gasteiger partial charge in [0, 0.05) is 26.1 Å². The number of likely N-dealkylation sites (N-methyl/N-ethyl adjacent to an activating group) is 1.